The summed E-state index contributed by atoms with van der Waals surface area (Å²) in [4.78, 5) is 19.9. The maximum absolute atomic E-state index is 13.5. The number of amides is 1. The number of aliphatic imine (C=N–C) groups is 1. The number of likely N-dealkylation sites (N-methyl/N-ethyl adjacent to an activating group) is 1. The summed E-state index contributed by atoms with van der Waals surface area (Å²) in [6.45, 7) is 1.94. The van der Waals surface area contributed by atoms with Crippen molar-refractivity contribution >= 4 is 28.9 Å². The number of methoxy groups -OCH3 is 1. The molecule has 0 unspecified atom stereocenters. The lowest BCUT2D eigenvalue weighted by molar-refractivity contribution is -0.122. The zero-order valence-corrected chi connectivity index (χ0v) is 19.7. The number of halogens is 1. The fourth-order valence-corrected chi connectivity index (χ4v) is 4.36. The average Bonchev–Trinajstić information content (AvgIpc) is 2.94. The molecule has 170 valence electrons. The van der Waals surface area contributed by atoms with Gasteiger partial charge in [-0.25, -0.2) is 0 Å². The molecule has 1 amide bonds. The minimum atomic E-state index is -0.967. The normalized spacial score (nSPS) is 17.6. The maximum atomic E-state index is 13.5. The molecule has 0 saturated carbocycles. The molecule has 6 heteroatoms. The second kappa shape index (κ2) is 9.77. The van der Waals surface area contributed by atoms with Gasteiger partial charge in [-0.3, -0.25) is 9.79 Å². The van der Waals surface area contributed by atoms with E-state index in [1.165, 1.54) is 0 Å². The van der Waals surface area contributed by atoms with Gasteiger partial charge in [-0.05, 0) is 48.2 Å². The van der Waals surface area contributed by atoms with Crippen LogP contribution in [-0.2, 0) is 11.2 Å². The van der Waals surface area contributed by atoms with E-state index in [1.54, 1.807) is 25.1 Å². The number of hydrogen-bond donors (Lipinski definition) is 1. The standard InChI is InChI=1S/C27H27ClN2O3/c1-17(15-18-9-12-21(33-3)13-10-18)26(31)25-27(32)30(2)23-14-11-20(28)16-22(23)24(29-25)19-7-5-4-6-8-19/h4-14,16-17,25-26,31H,15H2,1-3H3/t17-,25+,26-/m1/s1. The number of benzodiazepines with no additional fused rings is 1. The first-order valence-electron chi connectivity index (χ1n) is 10.9. The Morgan fingerprint density at radius 3 is 2.45 bits per heavy atom. The van der Waals surface area contributed by atoms with Crippen LogP contribution in [0.15, 0.2) is 77.8 Å². The SMILES string of the molecule is COc1ccc(C[C@@H](C)[C@@H](O)[C@@H]2N=C(c3ccccc3)c3cc(Cl)ccc3N(C)C2=O)cc1. The summed E-state index contributed by atoms with van der Waals surface area (Å²) in [7, 11) is 3.34. The van der Waals surface area contributed by atoms with E-state index in [2.05, 4.69) is 0 Å². The van der Waals surface area contributed by atoms with Crippen molar-refractivity contribution in [2.45, 2.75) is 25.5 Å². The van der Waals surface area contributed by atoms with Gasteiger partial charge in [0.15, 0.2) is 6.04 Å². The Balaban J connectivity index is 1.72. The van der Waals surface area contributed by atoms with Crippen LogP contribution in [0.1, 0.15) is 23.6 Å². The topological polar surface area (TPSA) is 62.1 Å². The highest BCUT2D eigenvalue weighted by Gasteiger charge is 2.37. The molecule has 0 fully saturated rings. The molecule has 0 aliphatic carbocycles. The second-order valence-corrected chi connectivity index (χ2v) is 8.80. The highest BCUT2D eigenvalue weighted by Crippen LogP contribution is 2.32. The predicted octanol–water partition coefficient (Wildman–Crippen LogP) is 4.77. The molecule has 0 radical (unpaired) electrons. The molecule has 0 spiro atoms. The molecule has 1 N–H and O–H groups in total. The number of anilines is 1. The maximum Gasteiger partial charge on any atom is 0.254 e. The molecule has 33 heavy (non-hydrogen) atoms. The van der Waals surface area contributed by atoms with Crippen molar-refractivity contribution in [3.05, 3.63) is 94.5 Å². The Bertz CT molecular complexity index is 1160. The summed E-state index contributed by atoms with van der Waals surface area (Å²) in [6.07, 6.45) is -0.362. The van der Waals surface area contributed by atoms with Crippen LogP contribution in [0.2, 0.25) is 5.02 Å². The molecule has 3 aromatic rings. The van der Waals surface area contributed by atoms with Crippen LogP contribution >= 0.6 is 11.6 Å². The van der Waals surface area contributed by atoms with Crippen LogP contribution in [0.25, 0.3) is 0 Å². The number of rotatable bonds is 6. The molecular formula is C27H27ClN2O3. The molecule has 0 saturated heterocycles. The van der Waals surface area contributed by atoms with Gasteiger partial charge in [-0.2, -0.15) is 0 Å². The van der Waals surface area contributed by atoms with Crippen LogP contribution in [0.3, 0.4) is 0 Å². The summed E-state index contributed by atoms with van der Waals surface area (Å²) < 4.78 is 5.22. The summed E-state index contributed by atoms with van der Waals surface area (Å²) in [6, 6.07) is 21.9. The van der Waals surface area contributed by atoms with Gasteiger partial charge in [0.05, 0.1) is 24.6 Å². The molecule has 3 atom stereocenters. The molecule has 0 aromatic heterocycles. The van der Waals surface area contributed by atoms with Crippen LogP contribution in [0.5, 0.6) is 5.75 Å². The van der Waals surface area contributed by atoms with Crippen molar-refractivity contribution in [1.29, 1.82) is 0 Å². The van der Waals surface area contributed by atoms with Crippen LogP contribution < -0.4 is 9.64 Å². The van der Waals surface area contributed by atoms with Gasteiger partial charge in [0.1, 0.15) is 5.75 Å². The Morgan fingerprint density at radius 2 is 1.79 bits per heavy atom. The Hall–Kier alpha value is -3.15. The third kappa shape index (κ3) is 4.80. The molecular weight excluding hydrogens is 436 g/mol. The lowest BCUT2D eigenvalue weighted by Gasteiger charge is -2.27. The highest BCUT2D eigenvalue weighted by atomic mass is 35.5. The number of fused-ring (bicyclic) bond motifs is 1. The smallest absolute Gasteiger partial charge is 0.254 e. The van der Waals surface area contributed by atoms with E-state index in [4.69, 9.17) is 21.3 Å². The van der Waals surface area contributed by atoms with Crippen molar-refractivity contribution < 1.29 is 14.6 Å². The summed E-state index contributed by atoms with van der Waals surface area (Å²) in [5, 5.41) is 11.9. The van der Waals surface area contributed by atoms with Gasteiger partial charge >= 0.3 is 0 Å². The summed E-state index contributed by atoms with van der Waals surface area (Å²) in [5.41, 5.74) is 4.04. The van der Waals surface area contributed by atoms with Crippen molar-refractivity contribution in [3.63, 3.8) is 0 Å². The van der Waals surface area contributed by atoms with Gasteiger partial charge in [0, 0.05) is 23.2 Å². The largest absolute Gasteiger partial charge is 0.497 e. The fraction of sp³-hybridized carbons (Fsp3) is 0.259. The molecule has 5 nitrogen and oxygen atoms in total. The third-order valence-corrected chi connectivity index (χ3v) is 6.33. The van der Waals surface area contributed by atoms with Gasteiger partial charge in [-0.15, -0.1) is 0 Å². The molecule has 1 aliphatic rings. The number of carbonyl (C=O) groups excluding carboxylic acids is 1. The lowest BCUT2D eigenvalue weighted by Crippen LogP contribution is -2.44. The average molecular weight is 463 g/mol. The first kappa shape index (κ1) is 23.0. The highest BCUT2D eigenvalue weighted by molar-refractivity contribution is 6.32. The van der Waals surface area contributed by atoms with E-state index in [0.717, 1.165) is 22.4 Å². The summed E-state index contributed by atoms with van der Waals surface area (Å²) in [5.74, 6) is 0.325. The van der Waals surface area contributed by atoms with Crippen LogP contribution in [0, 0.1) is 5.92 Å². The van der Waals surface area contributed by atoms with E-state index < -0.39 is 12.1 Å². The predicted molar refractivity (Wildman–Crippen MR) is 133 cm³/mol. The van der Waals surface area contributed by atoms with Gasteiger partial charge < -0.3 is 14.7 Å². The molecule has 1 heterocycles. The van der Waals surface area contributed by atoms with E-state index >= 15 is 0 Å². The first-order valence-corrected chi connectivity index (χ1v) is 11.3. The summed E-state index contributed by atoms with van der Waals surface area (Å²) >= 11 is 6.31. The minimum absolute atomic E-state index is 0.202. The number of aliphatic hydroxyl groups is 1. The number of carbonyl (C=O) groups is 1. The number of aliphatic hydroxyl groups excluding tert-OH is 1. The molecule has 1 aliphatic heterocycles. The second-order valence-electron chi connectivity index (χ2n) is 8.37. The molecule has 0 bridgehead atoms. The van der Waals surface area contributed by atoms with Crippen molar-refractivity contribution in [1.82, 2.24) is 0 Å². The van der Waals surface area contributed by atoms with Crippen molar-refractivity contribution in [3.8, 4) is 5.75 Å². The lowest BCUT2D eigenvalue weighted by atomic mass is 9.91. The Morgan fingerprint density at radius 1 is 1.09 bits per heavy atom. The van der Waals surface area contributed by atoms with Crippen molar-refractivity contribution in [2.24, 2.45) is 10.9 Å². The number of hydrogen-bond acceptors (Lipinski definition) is 4. The molecule has 4 rings (SSSR count). The van der Waals surface area contributed by atoms with Crippen LogP contribution in [-0.4, -0.2) is 43.0 Å². The van der Waals surface area contributed by atoms with Crippen LogP contribution in [0.4, 0.5) is 5.69 Å². The van der Waals surface area contributed by atoms with E-state index in [9.17, 15) is 9.90 Å². The minimum Gasteiger partial charge on any atom is -0.497 e. The van der Waals surface area contributed by atoms with Gasteiger partial charge in [0.25, 0.3) is 5.91 Å². The van der Waals surface area contributed by atoms with E-state index in [0.29, 0.717) is 22.8 Å². The third-order valence-electron chi connectivity index (χ3n) is 6.10. The quantitative estimate of drug-likeness (QED) is 0.574. The number of benzene rings is 3. The fourth-order valence-electron chi connectivity index (χ4n) is 4.19. The van der Waals surface area contributed by atoms with E-state index in [-0.39, 0.29) is 11.8 Å². The number of nitrogens with zero attached hydrogens (tertiary/aromatic N) is 2. The van der Waals surface area contributed by atoms with E-state index in [1.807, 2.05) is 73.7 Å². The zero-order valence-electron chi connectivity index (χ0n) is 18.9. The van der Waals surface area contributed by atoms with Gasteiger partial charge in [-0.1, -0.05) is 61.0 Å². The monoisotopic (exact) mass is 462 g/mol. The zero-order chi connectivity index (χ0) is 23.5. The molecule has 3 aromatic carbocycles. The van der Waals surface area contributed by atoms with Gasteiger partial charge in [0.2, 0.25) is 0 Å². The first-order chi connectivity index (χ1) is 15.9. The Labute approximate surface area is 199 Å². The number of ether oxygens (including phenoxy) is 1. The van der Waals surface area contributed by atoms with Crippen molar-refractivity contribution in [2.75, 3.05) is 19.1 Å². The Kier molecular flexibility index (Phi) is 6.82.